The van der Waals surface area contributed by atoms with Crippen molar-refractivity contribution in [3.05, 3.63) is 58.6 Å². The zero-order chi connectivity index (χ0) is 13.1. The fraction of sp³-hybridized carbons (Fsp3) is 0. The van der Waals surface area contributed by atoms with Crippen LogP contribution in [0.5, 0.6) is 0 Å². The van der Waals surface area contributed by atoms with Crippen molar-refractivity contribution in [2.75, 3.05) is 5.43 Å². The number of fused-ring (bicyclic) bond motifs is 1. The number of halogens is 1. The van der Waals surface area contributed by atoms with Crippen LogP contribution in [0.2, 0.25) is 0 Å². The zero-order valence-electron chi connectivity index (χ0n) is 9.88. The van der Waals surface area contributed by atoms with E-state index in [9.17, 15) is 0 Å². The normalized spacial score (nSPS) is 11.2. The number of benzene rings is 2. The van der Waals surface area contributed by atoms with Crippen LogP contribution in [-0.4, -0.2) is 11.2 Å². The molecule has 0 saturated carbocycles. The predicted molar refractivity (Wildman–Crippen MR) is 79.4 cm³/mol. The van der Waals surface area contributed by atoms with Gasteiger partial charge in [-0.15, -0.1) is 0 Å². The maximum Gasteiger partial charge on any atom is 0.316 e. The lowest BCUT2D eigenvalue weighted by atomic mass is 10.2. The molecule has 5 heteroatoms. The summed E-state index contributed by atoms with van der Waals surface area (Å²) >= 11 is 3.45. The number of anilines is 1. The van der Waals surface area contributed by atoms with E-state index in [1.54, 1.807) is 6.21 Å². The van der Waals surface area contributed by atoms with E-state index in [1.165, 1.54) is 0 Å². The molecule has 94 valence electrons. The molecule has 3 aromatic rings. The fourth-order valence-electron chi connectivity index (χ4n) is 1.66. The third-order valence-corrected chi connectivity index (χ3v) is 3.29. The van der Waals surface area contributed by atoms with Crippen LogP contribution in [0.15, 0.2) is 62.5 Å². The molecule has 19 heavy (non-hydrogen) atoms. The first-order valence-corrected chi connectivity index (χ1v) is 6.51. The summed E-state index contributed by atoms with van der Waals surface area (Å²) in [5.41, 5.74) is 5.30. The van der Waals surface area contributed by atoms with Crippen molar-refractivity contribution in [3.63, 3.8) is 0 Å². The highest BCUT2D eigenvalue weighted by Gasteiger charge is 2.02. The smallest absolute Gasteiger partial charge is 0.316 e. The van der Waals surface area contributed by atoms with E-state index in [0.717, 1.165) is 21.1 Å². The Balaban J connectivity index is 1.77. The van der Waals surface area contributed by atoms with Crippen LogP contribution in [0.3, 0.4) is 0 Å². The average molecular weight is 316 g/mol. The average Bonchev–Trinajstić information content (AvgIpc) is 2.83. The van der Waals surface area contributed by atoms with Crippen molar-refractivity contribution in [3.8, 4) is 0 Å². The zero-order valence-corrected chi connectivity index (χ0v) is 11.5. The van der Waals surface area contributed by atoms with Crippen LogP contribution >= 0.6 is 15.9 Å². The topological polar surface area (TPSA) is 50.4 Å². The highest BCUT2D eigenvalue weighted by Crippen LogP contribution is 2.18. The molecule has 0 aliphatic heterocycles. The number of para-hydroxylation sites is 2. The molecular formula is C14H10BrN3O. The van der Waals surface area contributed by atoms with E-state index in [2.05, 4.69) is 31.4 Å². The number of nitrogens with zero attached hydrogens (tertiary/aromatic N) is 2. The predicted octanol–water partition coefficient (Wildman–Crippen LogP) is 4.04. The van der Waals surface area contributed by atoms with Crippen LogP contribution in [0, 0.1) is 0 Å². The number of hydrogen-bond acceptors (Lipinski definition) is 4. The minimum absolute atomic E-state index is 0.379. The molecule has 3 rings (SSSR count). The van der Waals surface area contributed by atoms with Gasteiger partial charge in [-0.1, -0.05) is 46.3 Å². The van der Waals surface area contributed by atoms with Crippen LogP contribution in [0.1, 0.15) is 5.56 Å². The molecule has 4 nitrogen and oxygen atoms in total. The van der Waals surface area contributed by atoms with Gasteiger partial charge in [0.2, 0.25) is 0 Å². The standard InChI is InChI=1S/C14H10BrN3O/c15-11-6-2-1-5-10(11)9-16-18-14-17-12-7-3-4-8-13(12)19-14/h1-9H,(H,17,18). The van der Waals surface area contributed by atoms with Crippen molar-refractivity contribution in [2.45, 2.75) is 0 Å². The van der Waals surface area contributed by atoms with Gasteiger partial charge in [-0.05, 0) is 18.2 Å². The lowest BCUT2D eigenvalue weighted by molar-refractivity contribution is 0.617. The number of hydrogen-bond donors (Lipinski definition) is 1. The van der Waals surface area contributed by atoms with Crippen molar-refractivity contribution in [1.82, 2.24) is 4.98 Å². The number of oxazole rings is 1. The fourth-order valence-corrected chi connectivity index (χ4v) is 2.04. The maximum absolute atomic E-state index is 5.49. The van der Waals surface area contributed by atoms with Crippen LogP contribution < -0.4 is 5.43 Å². The van der Waals surface area contributed by atoms with Crippen LogP contribution in [0.4, 0.5) is 6.01 Å². The molecule has 0 aliphatic carbocycles. The van der Waals surface area contributed by atoms with Gasteiger partial charge in [-0.25, -0.2) is 5.43 Å². The molecule has 1 N–H and O–H groups in total. The Labute approximate surface area is 118 Å². The molecule has 1 aromatic heterocycles. The first-order valence-electron chi connectivity index (χ1n) is 5.72. The van der Waals surface area contributed by atoms with E-state index in [0.29, 0.717) is 6.01 Å². The number of aromatic nitrogens is 1. The summed E-state index contributed by atoms with van der Waals surface area (Å²) in [4.78, 5) is 4.26. The number of nitrogens with one attached hydrogen (secondary N) is 1. The van der Waals surface area contributed by atoms with Crippen molar-refractivity contribution in [1.29, 1.82) is 0 Å². The lowest BCUT2D eigenvalue weighted by Crippen LogP contribution is -1.91. The summed E-state index contributed by atoms with van der Waals surface area (Å²) in [6, 6.07) is 15.8. The van der Waals surface area contributed by atoms with E-state index in [1.807, 2.05) is 48.5 Å². The molecule has 0 unspecified atom stereocenters. The highest BCUT2D eigenvalue weighted by molar-refractivity contribution is 9.10. The van der Waals surface area contributed by atoms with Crippen LogP contribution in [-0.2, 0) is 0 Å². The first-order chi connectivity index (χ1) is 9.33. The van der Waals surface area contributed by atoms with Gasteiger partial charge in [0.25, 0.3) is 0 Å². The first kappa shape index (κ1) is 11.9. The second kappa shape index (κ2) is 5.24. The van der Waals surface area contributed by atoms with E-state index in [4.69, 9.17) is 4.42 Å². The molecule has 1 heterocycles. The van der Waals surface area contributed by atoms with Crippen LogP contribution in [0.25, 0.3) is 11.1 Å². The number of hydrazone groups is 1. The van der Waals surface area contributed by atoms with E-state index >= 15 is 0 Å². The Kier molecular flexibility index (Phi) is 3.29. The molecule has 0 fully saturated rings. The van der Waals surface area contributed by atoms with Gasteiger partial charge in [0.05, 0.1) is 6.21 Å². The Morgan fingerprint density at radius 1 is 1.11 bits per heavy atom. The van der Waals surface area contributed by atoms with Crippen molar-refractivity contribution >= 4 is 39.3 Å². The Bertz CT molecular complexity index is 703. The van der Waals surface area contributed by atoms with Gasteiger partial charge >= 0.3 is 6.01 Å². The Morgan fingerprint density at radius 2 is 1.89 bits per heavy atom. The summed E-state index contributed by atoms with van der Waals surface area (Å²) < 4.78 is 6.47. The summed E-state index contributed by atoms with van der Waals surface area (Å²) in [5.74, 6) is 0. The summed E-state index contributed by atoms with van der Waals surface area (Å²) in [6.07, 6.45) is 1.71. The van der Waals surface area contributed by atoms with Gasteiger partial charge in [0.1, 0.15) is 5.52 Å². The molecule has 0 saturated heterocycles. The molecule has 0 atom stereocenters. The van der Waals surface area contributed by atoms with Gasteiger partial charge < -0.3 is 4.42 Å². The van der Waals surface area contributed by atoms with Crippen molar-refractivity contribution in [2.24, 2.45) is 5.10 Å². The molecule has 0 bridgehead atoms. The molecule has 0 aliphatic rings. The van der Waals surface area contributed by atoms with Gasteiger partial charge in [-0.3, -0.25) is 0 Å². The largest absolute Gasteiger partial charge is 0.422 e. The monoisotopic (exact) mass is 315 g/mol. The molecular weight excluding hydrogens is 306 g/mol. The quantitative estimate of drug-likeness (QED) is 0.586. The number of rotatable bonds is 3. The Morgan fingerprint density at radius 3 is 2.74 bits per heavy atom. The minimum atomic E-state index is 0.379. The van der Waals surface area contributed by atoms with E-state index in [-0.39, 0.29) is 0 Å². The second-order valence-electron chi connectivity index (χ2n) is 3.88. The lowest BCUT2D eigenvalue weighted by Gasteiger charge is -1.96. The van der Waals surface area contributed by atoms with Gasteiger partial charge in [0.15, 0.2) is 5.58 Å². The summed E-state index contributed by atoms with van der Waals surface area (Å²) in [6.45, 7) is 0. The van der Waals surface area contributed by atoms with Gasteiger partial charge in [0, 0.05) is 10.0 Å². The highest BCUT2D eigenvalue weighted by atomic mass is 79.9. The summed E-state index contributed by atoms with van der Waals surface area (Å²) in [7, 11) is 0. The van der Waals surface area contributed by atoms with E-state index < -0.39 is 0 Å². The molecule has 2 aromatic carbocycles. The molecule has 0 amide bonds. The third-order valence-electron chi connectivity index (χ3n) is 2.56. The molecule has 0 radical (unpaired) electrons. The Hall–Kier alpha value is -2.14. The third kappa shape index (κ3) is 2.66. The maximum atomic E-state index is 5.49. The van der Waals surface area contributed by atoms with Gasteiger partial charge in [-0.2, -0.15) is 10.1 Å². The second-order valence-corrected chi connectivity index (χ2v) is 4.73. The minimum Gasteiger partial charge on any atom is -0.422 e. The molecule has 0 spiro atoms. The SMILES string of the molecule is Brc1ccccc1C=NNc1nc2ccccc2o1. The summed E-state index contributed by atoms with van der Waals surface area (Å²) in [5, 5.41) is 4.11. The van der Waals surface area contributed by atoms with Crippen molar-refractivity contribution < 1.29 is 4.42 Å².